The zero-order valence-corrected chi connectivity index (χ0v) is 16.2. The first-order valence-corrected chi connectivity index (χ1v) is 9.80. The van der Waals surface area contributed by atoms with Gasteiger partial charge in [0, 0.05) is 5.57 Å². The van der Waals surface area contributed by atoms with Gasteiger partial charge in [-0.25, -0.2) is 4.79 Å². The van der Waals surface area contributed by atoms with Gasteiger partial charge in [-0.15, -0.1) is 0 Å². The second-order valence-corrected chi connectivity index (χ2v) is 6.62. The molecule has 0 radical (unpaired) electrons. The largest absolute Gasteiger partial charge is 0.465 e. The van der Waals surface area contributed by atoms with Crippen LogP contribution in [0.2, 0.25) is 0 Å². The van der Waals surface area contributed by atoms with Gasteiger partial charge in [-0.05, 0) is 6.42 Å². The maximum atomic E-state index is 11.6. The molecule has 0 aromatic rings. The second-order valence-electron chi connectivity index (χ2n) is 6.62. The fourth-order valence-electron chi connectivity index (χ4n) is 2.40. The number of carbonyl (C=O) groups excluding carboxylic acids is 2. The lowest BCUT2D eigenvalue weighted by Crippen LogP contribution is -2.23. The molecule has 0 spiro atoms. The highest BCUT2D eigenvalue weighted by Crippen LogP contribution is 2.11. The van der Waals surface area contributed by atoms with Crippen LogP contribution in [0.5, 0.6) is 0 Å². The Morgan fingerprint density at radius 3 is 2.00 bits per heavy atom. The molecule has 0 fully saturated rings. The van der Waals surface area contributed by atoms with Crippen LogP contribution in [0.3, 0.4) is 0 Å². The fraction of sp³-hybridized carbons (Fsp3) is 0.800. The Morgan fingerprint density at radius 1 is 0.923 bits per heavy atom. The Balaban J connectivity index is 3.53. The van der Waals surface area contributed by atoms with E-state index >= 15 is 0 Å². The lowest BCUT2D eigenvalue weighted by Gasteiger charge is -2.10. The van der Waals surface area contributed by atoms with Gasteiger partial charge < -0.3 is 19.7 Å². The van der Waals surface area contributed by atoms with Crippen LogP contribution in [0.25, 0.3) is 0 Å². The van der Waals surface area contributed by atoms with Crippen molar-refractivity contribution in [3.05, 3.63) is 12.2 Å². The normalized spacial score (nSPS) is 11.8. The van der Waals surface area contributed by atoms with E-state index in [2.05, 4.69) is 13.5 Å². The first-order valence-electron chi connectivity index (χ1n) is 9.80. The molecule has 0 bridgehead atoms. The number of aliphatic hydroxyl groups is 2. The first kappa shape index (κ1) is 24.6. The van der Waals surface area contributed by atoms with E-state index in [1.165, 1.54) is 44.9 Å². The molecule has 0 amide bonds. The molecule has 0 aliphatic carbocycles. The Kier molecular flexibility index (Phi) is 16.1. The molecule has 2 N–H and O–H groups in total. The Morgan fingerprint density at radius 2 is 1.46 bits per heavy atom. The van der Waals surface area contributed by atoms with Gasteiger partial charge in [-0.1, -0.05) is 71.3 Å². The SMILES string of the molecule is C=C(CC(=O)OCCCCCCCCCCCC)C(=O)OCC(O)CO. The summed E-state index contributed by atoms with van der Waals surface area (Å²) < 4.78 is 9.80. The quantitative estimate of drug-likeness (QED) is 0.231. The van der Waals surface area contributed by atoms with Crippen LogP contribution in [0.4, 0.5) is 0 Å². The van der Waals surface area contributed by atoms with Crippen LogP contribution < -0.4 is 0 Å². The molecule has 0 aromatic carbocycles. The summed E-state index contributed by atoms with van der Waals surface area (Å²) in [5.74, 6) is -1.28. The smallest absolute Gasteiger partial charge is 0.334 e. The minimum Gasteiger partial charge on any atom is -0.465 e. The van der Waals surface area contributed by atoms with Crippen LogP contribution in [-0.4, -0.2) is 48.1 Å². The molecule has 0 saturated carbocycles. The summed E-state index contributed by atoms with van der Waals surface area (Å²) in [6.07, 6.45) is 10.7. The van der Waals surface area contributed by atoms with Crippen LogP contribution in [0.15, 0.2) is 12.2 Å². The van der Waals surface area contributed by atoms with Gasteiger partial charge in [0.1, 0.15) is 12.7 Å². The molecule has 0 aliphatic heterocycles. The third-order valence-electron chi connectivity index (χ3n) is 4.02. The third-order valence-corrected chi connectivity index (χ3v) is 4.02. The summed E-state index contributed by atoms with van der Waals surface area (Å²) in [5.41, 5.74) is -0.0248. The van der Waals surface area contributed by atoms with Crippen LogP contribution in [0, 0.1) is 0 Å². The molecular formula is C20H36O6. The van der Waals surface area contributed by atoms with Crippen LogP contribution in [-0.2, 0) is 19.1 Å². The van der Waals surface area contributed by atoms with Crippen molar-refractivity contribution in [1.29, 1.82) is 0 Å². The van der Waals surface area contributed by atoms with Crippen molar-refractivity contribution in [1.82, 2.24) is 0 Å². The lowest BCUT2D eigenvalue weighted by molar-refractivity contribution is -0.147. The minimum atomic E-state index is -1.13. The minimum absolute atomic E-state index is 0.0248. The van der Waals surface area contributed by atoms with E-state index in [-0.39, 0.29) is 18.6 Å². The summed E-state index contributed by atoms with van der Waals surface area (Å²) in [4.78, 5) is 23.2. The number of carbonyl (C=O) groups is 2. The van der Waals surface area contributed by atoms with E-state index in [1.54, 1.807) is 0 Å². The van der Waals surface area contributed by atoms with Crippen molar-refractivity contribution in [2.75, 3.05) is 19.8 Å². The molecule has 6 heteroatoms. The topological polar surface area (TPSA) is 93.1 Å². The molecule has 0 heterocycles. The zero-order valence-electron chi connectivity index (χ0n) is 16.2. The predicted molar refractivity (Wildman–Crippen MR) is 101 cm³/mol. The molecule has 152 valence electrons. The van der Waals surface area contributed by atoms with Gasteiger partial charge in [0.15, 0.2) is 0 Å². The summed E-state index contributed by atoms with van der Waals surface area (Å²) in [5, 5.41) is 17.7. The number of esters is 2. The van der Waals surface area contributed by atoms with Crippen molar-refractivity contribution >= 4 is 11.9 Å². The molecule has 0 aliphatic rings. The van der Waals surface area contributed by atoms with Gasteiger partial charge in [-0.2, -0.15) is 0 Å². The van der Waals surface area contributed by atoms with Crippen molar-refractivity contribution in [2.24, 2.45) is 0 Å². The van der Waals surface area contributed by atoms with Gasteiger partial charge >= 0.3 is 11.9 Å². The van der Waals surface area contributed by atoms with Gasteiger partial charge in [0.25, 0.3) is 0 Å². The van der Waals surface area contributed by atoms with Gasteiger partial charge in [-0.3, -0.25) is 4.79 Å². The molecular weight excluding hydrogens is 336 g/mol. The fourth-order valence-corrected chi connectivity index (χ4v) is 2.40. The standard InChI is InChI=1S/C20H36O6/c1-3-4-5-6-7-8-9-10-11-12-13-25-19(23)14-17(2)20(24)26-16-18(22)15-21/h18,21-22H,2-16H2,1H3. The highest BCUT2D eigenvalue weighted by molar-refractivity contribution is 5.93. The number of aliphatic hydroxyl groups excluding tert-OH is 2. The molecule has 0 saturated heterocycles. The first-order chi connectivity index (χ1) is 12.5. The molecule has 1 atom stereocenters. The molecule has 26 heavy (non-hydrogen) atoms. The molecule has 0 aromatic heterocycles. The Bertz CT molecular complexity index is 394. The highest BCUT2D eigenvalue weighted by atomic mass is 16.5. The predicted octanol–water partition coefficient (Wildman–Crippen LogP) is 3.29. The Hall–Kier alpha value is -1.40. The van der Waals surface area contributed by atoms with Crippen LogP contribution in [0.1, 0.15) is 77.6 Å². The maximum absolute atomic E-state index is 11.6. The average Bonchev–Trinajstić information content (AvgIpc) is 2.63. The summed E-state index contributed by atoms with van der Waals surface area (Å²) in [6.45, 7) is 5.22. The lowest BCUT2D eigenvalue weighted by atomic mass is 10.1. The number of unbranched alkanes of at least 4 members (excludes halogenated alkanes) is 9. The van der Waals surface area contributed by atoms with Crippen molar-refractivity contribution < 1.29 is 29.3 Å². The van der Waals surface area contributed by atoms with Crippen molar-refractivity contribution in [3.63, 3.8) is 0 Å². The van der Waals surface area contributed by atoms with E-state index in [0.717, 1.165) is 19.3 Å². The van der Waals surface area contributed by atoms with Crippen molar-refractivity contribution in [3.8, 4) is 0 Å². The second kappa shape index (κ2) is 17.0. The van der Waals surface area contributed by atoms with Gasteiger partial charge in [0.05, 0.1) is 19.6 Å². The monoisotopic (exact) mass is 372 g/mol. The number of rotatable bonds is 17. The maximum Gasteiger partial charge on any atom is 0.334 e. The average molecular weight is 373 g/mol. The number of hydrogen-bond acceptors (Lipinski definition) is 6. The summed E-state index contributed by atoms with van der Waals surface area (Å²) in [6, 6.07) is 0. The zero-order chi connectivity index (χ0) is 19.6. The van der Waals surface area contributed by atoms with E-state index < -0.39 is 24.6 Å². The Labute approximate surface area is 157 Å². The molecule has 6 nitrogen and oxygen atoms in total. The number of hydrogen-bond donors (Lipinski definition) is 2. The van der Waals surface area contributed by atoms with Gasteiger partial charge in [0.2, 0.25) is 0 Å². The van der Waals surface area contributed by atoms with E-state index in [4.69, 9.17) is 19.7 Å². The third kappa shape index (κ3) is 14.9. The summed E-state index contributed by atoms with van der Waals surface area (Å²) >= 11 is 0. The van der Waals surface area contributed by atoms with Crippen molar-refractivity contribution in [2.45, 2.75) is 83.7 Å². The number of ether oxygens (including phenoxy) is 2. The summed E-state index contributed by atoms with van der Waals surface area (Å²) in [7, 11) is 0. The van der Waals surface area contributed by atoms with E-state index in [9.17, 15) is 9.59 Å². The van der Waals surface area contributed by atoms with E-state index in [1.807, 2.05) is 0 Å². The highest BCUT2D eigenvalue weighted by Gasteiger charge is 2.15. The molecule has 1 unspecified atom stereocenters. The van der Waals surface area contributed by atoms with E-state index in [0.29, 0.717) is 6.61 Å². The molecule has 0 rings (SSSR count). The van der Waals surface area contributed by atoms with Crippen LogP contribution >= 0.6 is 0 Å².